The normalized spacial score (nSPS) is 10.7. The number of benzene rings is 1. The molecule has 0 amide bonds. The number of phenolic OH excluding ortho intramolecular Hbond substituents is 1. The molecule has 0 aromatic heterocycles. The van der Waals surface area contributed by atoms with Crippen molar-refractivity contribution < 1.29 is 15.0 Å². The molecule has 0 unspecified atom stereocenters. The highest BCUT2D eigenvalue weighted by Gasteiger charge is 2.05. The highest BCUT2D eigenvalue weighted by atomic mass is 16.4. The van der Waals surface area contributed by atoms with Gasteiger partial charge < -0.3 is 15.9 Å². The molecule has 0 radical (unpaired) electrons. The zero-order chi connectivity index (χ0) is 11.3. The van der Waals surface area contributed by atoms with E-state index in [0.717, 1.165) is 0 Å². The van der Waals surface area contributed by atoms with Crippen LogP contribution in [0.2, 0.25) is 0 Å². The standard InChI is InChI=1S/C10H12N2O3/c11-3-4-12-6-8-5-7(10(14)15)1-2-9(8)13/h1-2,5-6,13H,3-4,11H2,(H,14,15). The number of aromatic carboxylic acids is 1. The van der Waals surface area contributed by atoms with Gasteiger partial charge in [-0.1, -0.05) is 0 Å². The number of aromatic hydroxyl groups is 1. The molecule has 1 aromatic carbocycles. The van der Waals surface area contributed by atoms with Crippen molar-refractivity contribution in [2.24, 2.45) is 10.7 Å². The molecule has 15 heavy (non-hydrogen) atoms. The minimum Gasteiger partial charge on any atom is -0.507 e. The first-order valence-corrected chi connectivity index (χ1v) is 4.41. The molecule has 0 bridgehead atoms. The quantitative estimate of drug-likeness (QED) is 0.626. The first-order valence-electron chi connectivity index (χ1n) is 4.41. The third kappa shape index (κ3) is 3.07. The van der Waals surface area contributed by atoms with Crippen LogP contribution in [-0.2, 0) is 0 Å². The molecule has 1 rings (SSSR count). The molecule has 0 atom stereocenters. The Hall–Kier alpha value is -1.88. The molecule has 0 aliphatic heterocycles. The summed E-state index contributed by atoms with van der Waals surface area (Å²) in [4.78, 5) is 14.6. The van der Waals surface area contributed by atoms with Gasteiger partial charge in [0.15, 0.2) is 0 Å². The highest BCUT2D eigenvalue weighted by Crippen LogP contribution is 2.16. The Balaban J connectivity index is 2.95. The summed E-state index contributed by atoms with van der Waals surface area (Å²) in [6, 6.07) is 4.02. The molecular weight excluding hydrogens is 196 g/mol. The second kappa shape index (κ2) is 5.11. The fourth-order valence-corrected chi connectivity index (χ4v) is 1.03. The lowest BCUT2D eigenvalue weighted by atomic mass is 10.1. The predicted octanol–water partition coefficient (Wildman–Crippen LogP) is 0.468. The number of carbonyl (C=O) groups is 1. The van der Waals surface area contributed by atoms with E-state index in [1.807, 2.05) is 0 Å². The number of rotatable bonds is 4. The SMILES string of the molecule is NCCN=Cc1cc(C(=O)O)ccc1O. The van der Waals surface area contributed by atoms with Crippen LogP contribution >= 0.6 is 0 Å². The maximum absolute atomic E-state index is 10.6. The van der Waals surface area contributed by atoms with Gasteiger partial charge in [0.25, 0.3) is 0 Å². The van der Waals surface area contributed by atoms with E-state index in [1.165, 1.54) is 24.4 Å². The molecule has 1 aromatic rings. The van der Waals surface area contributed by atoms with Gasteiger partial charge in [-0.15, -0.1) is 0 Å². The number of hydrogen-bond acceptors (Lipinski definition) is 4. The van der Waals surface area contributed by atoms with Gasteiger partial charge in [-0.3, -0.25) is 4.99 Å². The molecule has 5 heteroatoms. The van der Waals surface area contributed by atoms with Gasteiger partial charge in [-0.05, 0) is 18.2 Å². The van der Waals surface area contributed by atoms with E-state index in [1.54, 1.807) is 0 Å². The second-order valence-electron chi connectivity index (χ2n) is 2.90. The van der Waals surface area contributed by atoms with Crippen LogP contribution in [0.3, 0.4) is 0 Å². The average Bonchev–Trinajstić information content (AvgIpc) is 2.20. The lowest BCUT2D eigenvalue weighted by Gasteiger charge is -2.00. The van der Waals surface area contributed by atoms with E-state index in [9.17, 15) is 9.90 Å². The largest absolute Gasteiger partial charge is 0.507 e. The summed E-state index contributed by atoms with van der Waals surface area (Å²) < 4.78 is 0. The molecule has 0 heterocycles. The van der Waals surface area contributed by atoms with Crippen molar-refractivity contribution in [1.29, 1.82) is 0 Å². The Bertz CT molecular complexity index is 388. The molecule has 0 aliphatic carbocycles. The zero-order valence-corrected chi connectivity index (χ0v) is 8.05. The Morgan fingerprint density at radius 3 is 2.87 bits per heavy atom. The van der Waals surface area contributed by atoms with Gasteiger partial charge in [-0.25, -0.2) is 4.79 Å². The lowest BCUT2D eigenvalue weighted by molar-refractivity contribution is 0.0697. The molecule has 0 saturated carbocycles. The number of hydrogen-bond donors (Lipinski definition) is 3. The van der Waals surface area contributed by atoms with E-state index >= 15 is 0 Å². The van der Waals surface area contributed by atoms with Crippen LogP contribution in [-0.4, -0.2) is 35.5 Å². The lowest BCUT2D eigenvalue weighted by Crippen LogP contribution is -2.02. The summed E-state index contributed by atoms with van der Waals surface area (Å²) in [5, 5.41) is 18.1. The van der Waals surface area contributed by atoms with Crippen LogP contribution in [0.4, 0.5) is 0 Å². The van der Waals surface area contributed by atoms with Crippen molar-refractivity contribution in [3.8, 4) is 5.75 Å². The van der Waals surface area contributed by atoms with Gasteiger partial charge in [0.1, 0.15) is 5.75 Å². The number of nitrogens with two attached hydrogens (primary N) is 1. The molecule has 0 spiro atoms. The van der Waals surface area contributed by atoms with Crippen molar-refractivity contribution in [3.05, 3.63) is 29.3 Å². The maximum Gasteiger partial charge on any atom is 0.335 e. The second-order valence-corrected chi connectivity index (χ2v) is 2.90. The van der Waals surface area contributed by atoms with Gasteiger partial charge in [0, 0.05) is 18.3 Å². The summed E-state index contributed by atoms with van der Waals surface area (Å²) in [5.41, 5.74) is 5.73. The summed E-state index contributed by atoms with van der Waals surface area (Å²) >= 11 is 0. The smallest absolute Gasteiger partial charge is 0.335 e. The fraction of sp³-hybridized carbons (Fsp3) is 0.200. The maximum atomic E-state index is 10.6. The van der Waals surface area contributed by atoms with Crippen molar-refractivity contribution in [1.82, 2.24) is 0 Å². The van der Waals surface area contributed by atoms with E-state index in [4.69, 9.17) is 10.8 Å². The van der Waals surface area contributed by atoms with E-state index in [2.05, 4.69) is 4.99 Å². The Labute approximate surface area is 86.9 Å². The van der Waals surface area contributed by atoms with Gasteiger partial charge in [0.05, 0.1) is 12.1 Å². The third-order valence-corrected chi connectivity index (χ3v) is 1.76. The minimum atomic E-state index is -1.04. The molecule has 0 aliphatic rings. The van der Waals surface area contributed by atoms with Crippen molar-refractivity contribution in [3.63, 3.8) is 0 Å². The summed E-state index contributed by atoms with van der Waals surface area (Å²) in [6.07, 6.45) is 1.41. The number of nitrogens with zero attached hydrogens (tertiary/aromatic N) is 1. The van der Waals surface area contributed by atoms with Gasteiger partial charge in [-0.2, -0.15) is 0 Å². The Morgan fingerprint density at radius 2 is 2.27 bits per heavy atom. The van der Waals surface area contributed by atoms with E-state index in [-0.39, 0.29) is 11.3 Å². The summed E-state index contributed by atoms with van der Waals surface area (Å²) in [7, 11) is 0. The first-order chi connectivity index (χ1) is 7.15. The van der Waals surface area contributed by atoms with E-state index in [0.29, 0.717) is 18.7 Å². The molecule has 0 saturated heterocycles. The Morgan fingerprint density at radius 1 is 1.53 bits per heavy atom. The molecule has 4 N–H and O–H groups in total. The topological polar surface area (TPSA) is 95.9 Å². The fourth-order valence-electron chi connectivity index (χ4n) is 1.03. The number of aliphatic imine (C=N–C) groups is 1. The number of carboxylic acid groups (broad SMARTS) is 1. The van der Waals surface area contributed by atoms with Crippen LogP contribution in [0.25, 0.3) is 0 Å². The van der Waals surface area contributed by atoms with Gasteiger partial charge in [0.2, 0.25) is 0 Å². The molecular formula is C10H12N2O3. The first kappa shape index (κ1) is 11.2. The van der Waals surface area contributed by atoms with Gasteiger partial charge >= 0.3 is 5.97 Å². The van der Waals surface area contributed by atoms with Crippen molar-refractivity contribution in [2.45, 2.75) is 0 Å². The Kier molecular flexibility index (Phi) is 3.82. The third-order valence-electron chi connectivity index (χ3n) is 1.76. The highest BCUT2D eigenvalue weighted by molar-refractivity contribution is 5.92. The van der Waals surface area contributed by atoms with Crippen LogP contribution in [0.1, 0.15) is 15.9 Å². The average molecular weight is 208 g/mol. The minimum absolute atomic E-state index is 0.000714. The monoisotopic (exact) mass is 208 g/mol. The molecule has 0 fully saturated rings. The molecule has 5 nitrogen and oxygen atoms in total. The van der Waals surface area contributed by atoms with E-state index < -0.39 is 5.97 Å². The van der Waals surface area contributed by atoms with Crippen LogP contribution in [0.15, 0.2) is 23.2 Å². The van der Waals surface area contributed by atoms with Crippen molar-refractivity contribution >= 4 is 12.2 Å². The van der Waals surface area contributed by atoms with Crippen molar-refractivity contribution in [2.75, 3.05) is 13.1 Å². The van der Waals surface area contributed by atoms with Crippen LogP contribution in [0, 0.1) is 0 Å². The van der Waals surface area contributed by atoms with Crippen LogP contribution < -0.4 is 5.73 Å². The van der Waals surface area contributed by atoms with Crippen LogP contribution in [0.5, 0.6) is 5.75 Å². The summed E-state index contributed by atoms with van der Waals surface area (Å²) in [5.74, 6) is -1.04. The summed E-state index contributed by atoms with van der Waals surface area (Å²) in [6.45, 7) is 0.854. The number of phenols is 1. The zero-order valence-electron chi connectivity index (χ0n) is 8.05. The predicted molar refractivity (Wildman–Crippen MR) is 56.6 cm³/mol. The molecule has 80 valence electrons. The number of carboxylic acids is 1.